The van der Waals surface area contributed by atoms with Crippen molar-refractivity contribution in [3.05, 3.63) is 95.1 Å². The Morgan fingerprint density at radius 3 is 1.96 bits per heavy atom. The van der Waals surface area contributed by atoms with Crippen LogP contribution in [0.1, 0.15) is 33.0 Å². The van der Waals surface area contributed by atoms with E-state index in [0.717, 1.165) is 11.1 Å². The third kappa shape index (κ3) is 3.08. The third-order valence-electron chi connectivity index (χ3n) is 3.94. The van der Waals surface area contributed by atoms with Gasteiger partial charge in [-0.15, -0.1) is 0 Å². The molecule has 3 aromatic rings. The van der Waals surface area contributed by atoms with Crippen LogP contribution in [-0.4, -0.2) is 21.3 Å². The van der Waals surface area contributed by atoms with Gasteiger partial charge in [0, 0.05) is 5.92 Å². The van der Waals surface area contributed by atoms with Gasteiger partial charge in [0.15, 0.2) is 0 Å². The molecule has 24 heavy (non-hydrogen) atoms. The monoisotopic (exact) mass is 320 g/mol. The topological polar surface area (TPSA) is 77.8 Å². The number of rotatable bonds is 4. The minimum Gasteiger partial charge on any atom is -0.508 e. The van der Waals surface area contributed by atoms with Gasteiger partial charge in [0.25, 0.3) is 0 Å². The van der Waals surface area contributed by atoms with Gasteiger partial charge in [-0.2, -0.15) is 0 Å². The molecule has 3 N–H and O–H groups in total. The molecule has 4 nitrogen and oxygen atoms in total. The first-order valence-corrected chi connectivity index (χ1v) is 7.46. The molecule has 0 saturated heterocycles. The first-order valence-electron chi connectivity index (χ1n) is 7.46. The van der Waals surface area contributed by atoms with Crippen LogP contribution in [0, 0.1) is 0 Å². The van der Waals surface area contributed by atoms with E-state index in [9.17, 15) is 20.1 Å². The van der Waals surface area contributed by atoms with E-state index < -0.39 is 5.97 Å². The molecule has 0 aliphatic carbocycles. The van der Waals surface area contributed by atoms with Crippen LogP contribution < -0.4 is 0 Å². The highest BCUT2D eigenvalue weighted by Gasteiger charge is 2.23. The zero-order valence-corrected chi connectivity index (χ0v) is 12.8. The van der Waals surface area contributed by atoms with Crippen molar-refractivity contribution in [1.82, 2.24) is 0 Å². The van der Waals surface area contributed by atoms with E-state index in [1.165, 1.54) is 12.1 Å². The fourth-order valence-corrected chi connectivity index (χ4v) is 2.85. The normalized spacial score (nSPS) is 11.8. The Kier molecular flexibility index (Phi) is 4.20. The van der Waals surface area contributed by atoms with Crippen LogP contribution in [-0.2, 0) is 0 Å². The Morgan fingerprint density at radius 1 is 0.750 bits per heavy atom. The molecule has 0 saturated carbocycles. The SMILES string of the molecule is O=C(O)c1cc(O)ccc1C(c1ccccc1)c1ccc(O)cc1. The summed E-state index contributed by atoms with van der Waals surface area (Å²) in [6, 6.07) is 20.6. The van der Waals surface area contributed by atoms with Crippen LogP contribution in [0.3, 0.4) is 0 Å². The Balaban J connectivity index is 2.23. The Hall–Kier alpha value is -3.27. The zero-order valence-electron chi connectivity index (χ0n) is 12.8. The maximum Gasteiger partial charge on any atom is 0.336 e. The van der Waals surface area contributed by atoms with Crippen molar-refractivity contribution in [2.24, 2.45) is 0 Å². The van der Waals surface area contributed by atoms with Crippen LogP contribution in [0.5, 0.6) is 11.5 Å². The number of hydrogen-bond donors (Lipinski definition) is 3. The molecular formula is C20H16O4. The van der Waals surface area contributed by atoms with Crippen LogP contribution in [0.15, 0.2) is 72.8 Å². The molecule has 0 amide bonds. The molecule has 0 fully saturated rings. The van der Waals surface area contributed by atoms with E-state index in [1.807, 2.05) is 30.3 Å². The summed E-state index contributed by atoms with van der Waals surface area (Å²) in [5.41, 5.74) is 2.41. The highest BCUT2D eigenvalue weighted by molar-refractivity contribution is 5.90. The van der Waals surface area contributed by atoms with Gasteiger partial charge in [0.1, 0.15) is 11.5 Å². The van der Waals surface area contributed by atoms with E-state index in [0.29, 0.717) is 5.56 Å². The second-order valence-electron chi connectivity index (χ2n) is 5.51. The Labute approximate surface area is 139 Å². The molecule has 0 aliphatic heterocycles. The zero-order chi connectivity index (χ0) is 17.1. The summed E-state index contributed by atoms with van der Waals surface area (Å²) in [7, 11) is 0. The minimum absolute atomic E-state index is 0.0527. The standard InChI is InChI=1S/C20H16O4/c21-15-8-6-14(7-9-15)19(13-4-2-1-3-5-13)17-11-10-16(22)12-18(17)20(23)24/h1-12,19,21-22H,(H,23,24). The van der Waals surface area contributed by atoms with Crippen molar-refractivity contribution in [2.75, 3.05) is 0 Å². The minimum atomic E-state index is -1.10. The maximum atomic E-state index is 11.6. The Morgan fingerprint density at radius 2 is 1.33 bits per heavy atom. The van der Waals surface area contributed by atoms with Gasteiger partial charge in [0.05, 0.1) is 5.56 Å². The van der Waals surface area contributed by atoms with Gasteiger partial charge in [-0.1, -0.05) is 48.5 Å². The number of phenols is 2. The summed E-state index contributed by atoms with van der Waals surface area (Å²) in [6.45, 7) is 0. The van der Waals surface area contributed by atoms with Crippen LogP contribution in [0.2, 0.25) is 0 Å². The van der Waals surface area contributed by atoms with E-state index in [-0.39, 0.29) is 23.0 Å². The lowest BCUT2D eigenvalue weighted by molar-refractivity contribution is 0.0695. The predicted octanol–water partition coefficient (Wildman–Crippen LogP) is 3.98. The summed E-state index contributed by atoms with van der Waals surface area (Å²) in [5.74, 6) is -1.36. The fraction of sp³-hybridized carbons (Fsp3) is 0.0500. The molecule has 0 bridgehead atoms. The molecule has 4 heteroatoms. The number of aromatic hydroxyl groups is 2. The van der Waals surface area contributed by atoms with Gasteiger partial charge in [-0.25, -0.2) is 4.79 Å². The first-order chi connectivity index (χ1) is 11.6. The molecular weight excluding hydrogens is 304 g/mol. The van der Waals surface area contributed by atoms with Crippen molar-refractivity contribution < 1.29 is 20.1 Å². The van der Waals surface area contributed by atoms with Gasteiger partial charge in [-0.05, 0) is 41.0 Å². The summed E-state index contributed by atoms with van der Waals surface area (Å²) < 4.78 is 0. The number of aromatic carboxylic acids is 1. The van der Waals surface area contributed by atoms with Gasteiger partial charge < -0.3 is 15.3 Å². The molecule has 120 valence electrons. The number of phenolic OH excluding ortho intramolecular Hbond substituents is 2. The molecule has 0 radical (unpaired) electrons. The summed E-state index contributed by atoms with van der Waals surface area (Å²) in [4.78, 5) is 11.6. The molecule has 3 aromatic carbocycles. The number of hydrogen-bond acceptors (Lipinski definition) is 3. The van der Waals surface area contributed by atoms with Crippen molar-refractivity contribution in [3.8, 4) is 11.5 Å². The lowest BCUT2D eigenvalue weighted by atomic mass is 9.83. The molecule has 1 unspecified atom stereocenters. The molecule has 0 heterocycles. The highest BCUT2D eigenvalue weighted by atomic mass is 16.4. The number of carboxylic acids is 1. The van der Waals surface area contributed by atoms with Gasteiger partial charge in [-0.3, -0.25) is 0 Å². The van der Waals surface area contributed by atoms with Crippen LogP contribution in [0.25, 0.3) is 0 Å². The average molecular weight is 320 g/mol. The summed E-state index contributed by atoms with van der Waals surface area (Å²) in [6.07, 6.45) is 0. The molecule has 0 aliphatic rings. The van der Waals surface area contributed by atoms with Crippen molar-refractivity contribution >= 4 is 5.97 Å². The van der Waals surface area contributed by atoms with E-state index in [4.69, 9.17) is 0 Å². The third-order valence-corrected chi connectivity index (χ3v) is 3.94. The van der Waals surface area contributed by atoms with Crippen molar-refractivity contribution in [1.29, 1.82) is 0 Å². The second kappa shape index (κ2) is 6.46. The molecule has 0 aromatic heterocycles. The smallest absolute Gasteiger partial charge is 0.336 e. The van der Waals surface area contributed by atoms with E-state index >= 15 is 0 Å². The fourth-order valence-electron chi connectivity index (χ4n) is 2.85. The largest absolute Gasteiger partial charge is 0.508 e. The lowest BCUT2D eigenvalue weighted by Gasteiger charge is -2.21. The van der Waals surface area contributed by atoms with Gasteiger partial charge in [0.2, 0.25) is 0 Å². The Bertz CT molecular complexity index is 855. The number of carboxylic acid groups (broad SMARTS) is 1. The number of benzene rings is 3. The summed E-state index contributed by atoms with van der Waals surface area (Å²) >= 11 is 0. The molecule has 3 rings (SSSR count). The average Bonchev–Trinajstić information content (AvgIpc) is 2.59. The predicted molar refractivity (Wildman–Crippen MR) is 90.6 cm³/mol. The quantitative estimate of drug-likeness (QED) is 0.636. The van der Waals surface area contributed by atoms with E-state index in [1.54, 1.807) is 30.3 Å². The maximum absolute atomic E-state index is 11.6. The number of carbonyl (C=O) groups is 1. The van der Waals surface area contributed by atoms with Crippen molar-refractivity contribution in [2.45, 2.75) is 5.92 Å². The van der Waals surface area contributed by atoms with Crippen molar-refractivity contribution in [3.63, 3.8) is 0 Å². The van der Waals surface area contributed by atoms with Crippen LogP contribution in [0.4, 0.5) is 0 Å². The highest BCUT2D eigenvalue weighted by Crippen LogP contribution is 2.35. The van der Waals surface area contributed by atoms with E-state index in [2.05, 4.69) is 0 Å². The first kappa shape index (κ1) is 15.6. The molecule has 1 atom stereocenters. The van der Waals surface area contributed by atoms with Crippen LogP contribution >= 0.6 is 0 Å². The second-order valence-corrected chi connectivity index (χ2v) is 5.51. The molecule has 0 spiro atoms. The lowest BCUT2D eigenvalue weighted by Crippen LogP contribution is -2.10. The summed E-state index contributed by atoms with van der Waals surface area (Å²) in [5, 5.41) is 28.7. The van der Waals surface area contributed by atoms with Gasteiger partial charge >= 0.3 is 5.97 Å².